The predicted octanol–water partition coefficient (Wildman–Crippen LogP) is 2.81. The molecule has 112 valence electrons. The van der Waals surface area contributed by atoms with Crippen molar-refractivity contribution in [2.75, 3.05) is 13.1 Å². The van der Waals surface area contributed by atoms with E-state index < -0.39 is 4.92 Å². The minimum atomic E-state index is -0.412. The van der Waals surface area contributed by atoms with Gasteiger partial charge in [-0.05, 0) is 17.7 Å². The van der Waals surface area contributed by atoms with Crippen LogP contribution in [0.3, 0.4) is 0 Å². The quantitative estimate of drug-likeness (QED) is 0.628. The fourth-order valence-electron chi connectivity index (χ4n) is 2.39. The number of furan rings is 1. The highest BCUT2D eigenvalue weighted by molar-refractivity contribution is 6.00. The third-order valence-electron chi connectivity index (χ3n) is 3.40. The van der Waals surface area contributed by atoms with Gasteiger partial charge >= 0.3 is 5.70 Å². The van der Waals surface area contributed by atoms with Gasteiger partial charge in [0.15, 0.2) is 0 Å². The van der Waals surface area contributed by atoms with Crippen LogP contribution in [0.5, 0.6) is 0 Å². The smallest absolute Gasteiger partial charge is 0.314 e. The SMILES string of the molecule is O=[N+]([O-])/C(=C\c1ccco1)C1=NCCN1Cc1ccccc1. The fraction of sp³-hybridized carbons (Fsp3) is 0.188. The van der Waals surface area contributed by atoms with Gasteiger partial charge in [-0.1, -0.05) is 30.3 Å². The molecule has 2 aromatic rings. The molecule has 1 aromatic carbocycles. The Hall–Kier alpha value is -2.89. The number of nitrogens with zero attached hydrogens (tertiary/aromatic N) is 3. The highest BCUT2D eigenvalue weighted by atomic mass is 16.6. The van der Waals surface area contributed by atoms with Gasteiger partial charge in [-0.3, -0.25) is 15.1 Å². The molecule has 0 N–H and O–H groups in total. The number of hydrogen-bond acceptors (Lipinski definition) is 5. The predicted molar refractivity (Wildman–Crippen MR) is 82.8 cm³/mol. The first-order chi connectivity index (χ1) is 10.7. The van der Waals surface area contributed by atoms with Crippen LogP contribution in [0, 0.1) is 10.1 Å². The standard InChI is InChI=1S/C16H15N3O3/c20-19(21)15(11-14-7-4-10-22-14)16-17-8-9-18(16)12-13-5-2-1-3-6-13/h1-7,10-11H,8-9,12H2/b15-11-. The van der Waals surface area contributed by atoms with E-state index in [-0.39, 0.29) is 5.70 Å². The Morgan fingerprint density at radius 2 is 2.14 bits per heavy atom. The zero-order valence-electron chi connectivity index (χ0n) is 11.9. The van der Waals surface area contributed by atoms with Crippen LogP contribution in [-0.4, -0.2) is 28.7 Å². The molecule has 1 aromatic heterocycles. The lowest BCUT2D eigenvalue weighted by molar-refractivity contribution is -0.414. The average Bonchev–Trinajstić information content (AvgIpc) is 3.17. The van der Waals surface area contributed by atoms with Crippen molar-refractivity contribution in [1.82, 2.24) is 4.90 Å². The van der Waals surface area contributed by atoms with Gasteiger partial charge in [0, 0.05) is 13.1 Å². The zero-order chi connectivity index (χ0) is 15.4. The Balaban J connectivity index is 1.86. The van der Waals surface area contributed by atoms with Crippen molar-refractivity contribution in [1.29, 1.82) is 0 Å². The molecule has 0 amide bonds. The van der Waals surface area contributed by atoms with Gasteiger partial charge in [-0.25, -0.2) is 0 Å². The minimum absolute atomic E-state index is 0.0385. The van der Waals surface area contributed by atoms with E-state index in [1.165, 1.54) is 12.3 Å². The highest BCUT2D eigenvalue weighted by Crippen LogP contribution is 2.17. The lowest BCUT2D eigenvalue weighted by atomic mass is 10.2. The van der Waals surface area contributed by atoms with Crippen LogP contribution in [0.25, 0.3) is 6.08 Å². The van der Waals surface area contributed by atoms with Crippen LogP contribution in [0.1, 0.15) is 11.3 Å². The van der Waals surface area contributed by atoms with Crippen molar-refractivity contribution in [3.8, 4) is 0 Å². The zero-order valence-corrected chi connectivity index (χ0v) is 11.9. The van der Waals surface area contributed by atoms with Crippen molar-refractivity contribution in [3.05, 3.63) is 75.9 Å². The molecule has 1 aliphatic rings. The summed E-state index contributed by atoms with van der Waals surface area (Å²) in [7, 11) is 0. The first-order valence-corrected chi connectivity index (χ1v) is 6.97. The van der Waals surface area contributed by atoms with Gasteiger partial charge < -0.3 is 9.32 Å². The maximum absolute atomic E-state index is 11.4. The molecule has 0 spiro atoms. The summed E-state index contributed by atoms with van der Waals surface area (Å²) in [6.45, 7) is 1.84. The summed E-state index contributed by atoms with van der Waals surface area (Å²) in [4.78, 5) is 17.2. The summed E-state index contributed by atoms with van der Waals surface area (Å²) in [5.41, 5.74) is 1.06. The van der Waals surface area contributed by atoms with E-state index in [0.29, 0.717) is 31.2 Å². The van der Waals surface area contributed by atoms with Gasteiger partial charge in [0.05, 0.1) is 23.8 Å². The minimum Gasteiger partial charge on any atom is -0.465 e. The Kier molecular flexibility index (Phi) is 4.00. The second-order valence-corrected chi connectivity index (χ2v) is 4.91. The molecule has 0 aliphatic carbocycles. The molecule has 2 heterocycles. The molecule has 0 unspecified atom stereocenters. The summed E-state index contributed by atoms with van der Waals surface area (Å²) in [6, 6.07) is 13.2. The Labute approximate surface area is 127 Å². The number of nitro groups is 1. The molecule has 6 nitrogen and oxygen atoms in total. The summed E-state index contributed by atoms with van der Waals surface area (Å²) >= 11 is 0. The Morgan fingerprint density at radius 1 is 1.32 bits per heavy atom. The van der Waals surface area contributed by atoms with E-state index in [1.54, 1.807) is 12.1 Å². The molecule has 0 bridgehead atoms. The Bertz CT molecular complexity index is 706. The maximum Gasteiger partial charge on any atom is 0.314 e. The molecule has 6 heteroatoms. The third-order valence-corrected chi connectivity index (χ3v) is 3.40. The van der Waals surface area contributed by atoms with E-state index in [0.717, 1.165) is 5.56 Å². The average molecular weight is 297 g/mol. The van der Waals surface area contributed by atoms with Crippen molar-refractivity contribution in [2.45, 2.75) is 6.54 Å². The lowest BCUT2D eigenvalue weighted by Crippen LogP contribution is -2.30. The van der Waals surface area contributed by atoms with E-state index >= 15 is 0 Å². The van der Waals surface area contributed by atoms with E-state index in [9.17, 15) is 10.1 Å². The third kappa shape index (κ3) is 3.06. The first-order valence-electron chi connectivity index (χ1n) is 6.97. The summed E-state index contributed by atoms with van der Waals surface area (Å²) in [5.74, 6) is 0.853. The van der Waals surface area contributed by atoms with Crippen molar-refractivity contribution in [2.24, 2.45) is 4.99 Å². The second-order valence-electron chi connectivity index (χ2n) is 4.91. The van der Waals surface area contributed by atoms with Crippen LogP contribution in [0.2, 0.25) is 0 Å². The van der Waals surface area contributed by atoms with E-state index in [4.69, 9.17) is 4.42 Å². The fourth-order valence-corrected chi connectivity index (χ4v) is 2.39. The summed E-state index contributed by atoms with van der Waals surface area (Å²) < 4.78 is 5.17. The second kappa shape index (κ2) is 6.26. The van der Waals surface area contributed by atoms with Gasteiger partial charge in [0.2, 0.25) is 5.84 Å². The maximum atomic E-state index is 11.4. The van der Waals surface area contributed by atoms with Gasteiger partial charge in [0.1, 0.15) is 5.76 Å². The van der Waals surface area contributed by atoms with Gasteiger partial charge in [-0.2, -0.15) is 0 Å². The molecule has 0 radical (unpaired) electrons. The normalized spacial score (nSPS) is 15.0. The van der Waals surface area contributed by atoms with Gasteiger partial charge in [0.25, 0.3) is 0 Å². The van der Waals surface area contributed by atoms with Crippen LogP contribution in [0.4, 0.5) is 0 Å². The van der Waals surface area contributed by atoms with Crippen LogP contribution in [-0.2, 0) is 6.54 Å². The molecule has 1 aliphatic heterocycles. The molecule has 0 atom stereocenters. The topological polar surface area (TPSA) is 71.9 Å². The van der Waals surface area contributed by atoms with Crippen molar-refractivity contribution < 1.29 is 9.34 Å². The van der Waals surface area contributed by atoms with Gasteiger partial charge in [-0.15, -0.1) is 0 Å². The summed E-state index contributed by atoms with van der Waals surface area (Å²) in [6.07, 6.45) is 2.91. The summed E-state index contributed by atoms with van der Waals surface area (Å²) in [5, 5.41) is 11.4. The van der Waals surface area contributed by atoms with Crippen LogP contribution in [0.15, 0.2) is 63.8 Å². The number of benzene rings is 1. The highest BCUT2D eigenvalue weighted by Gasteiger charge is 2.29. The molecule has 0 fully saturated rings. The number of hydrogen-bond donors (Lipinski definition) is 0. The van der Waals surface area contributed by atoms with E-state index in [2.05, 4.69) is 4.99 Å². The lowest BCUT2D eigenvalue weighted by Gasteiger charge is -2.18. The first kappa shape index (κ1) is 14.1. The van der Waals surface area contributed by atoms with Crippen molar-refractivity contribution in [3.63, 3.8) is 0 Å². The molecule has 22 heavy (non-hydrogen) atoms. The number of aliphatic imine (C=N–C) groups is 1. The molecule has 0 saturated carbocycles. The molecular weight excluding hydrogens is 282 g/mol. The monoisotopic (exact) mass is 297 g/mol. The van der Waals surface area contributed by atoms with Crippen molar-refractivity contribution >= 4 is 11.9 Å². The van der Waals surface area contributed by atoms with Crippen LogP contribution < -0.4 is 0 Å². The molecule has 3 rings (SSSR count). The molecule has 0 saturated heterocycles. The molecular formula is C16H15N3O3. The van der Waals surface area contributed by atoms with E-state index in [1.807, 2.05) is 35.2 Å². The number of rotatable bonds is 5. The Morgan fingerprint density at radius 3 is 2.82 bits per heavy atom. The van der Waals surface area contributed by atoms with Crippen LogP contribution >= 0.6 is 0 Å². The number of amidine groups is 1. The largest absolute Gasteiger partial charge is 0.465 e.